The molecule has 4 nitrogen and oxygen atoms in total. The molecule has 0 bridgehead atoms. The normalized spacial score (nSPS) is 9.60. The van der Waals surface area contributed by atoms with Gasteiger partial charge in [0.2, 0.25) is 0 Å². The third kappa shape index (κ3) is 3.36. The van der Waals surface area contributed by atoms with Crippen LogP contribution in [0.2, 0.25) is 0 Å². The molecule has 0 aliphatic heterocycles. The lowest BCUT2D eigenvalue weighted by Gasteiger charge is -2.08. The molecule has 0 saturated carbocycles. The summed E-state index contributed by atoms with van der Waals surface area (Å²) in [6.07, 6.45) is 0. The number of nitriles is 1. The monoisotopic (exact) mass is 266 g/mol. The Hall–Kier alpha value is -2.80. The predicted molar refractivity (Wildman–Crippen MR) is 76.7 cm³/mol. The highest BCUT2D eigenvalue weighted by Crippen LogP contribution is 2.18. The molecule has 0 fully saturated rings. The maximum absolute atomic E-state index is 12.0. The highest BCUT2D eigenvalue weighted by molar-refractivity contribution is 6.04. The van der Waals surface area contributed by atoms with E-state index in [0.29, 0.717) is 29.2 Å². The van der Waals surface area contributed by atoms with Crippen molar-refractivity contribution in [1.29, 1.82) is 5.26 Å². The summed E-state index contributed by atoms with van der Waals surface area (Å²) in [6, 6.07) is 15.7. The molecule has 4 heteroatoms. The van der Waals surface area contributed by atoms with E-state index < -0.39 is 0 Å². The largest absolute Gasteiger partial charge is 0.494 e. The fourth-order valence-corrected chi connectivity index (χ4v) is 1.73. The first-order valence-corrected chi connectivity index (χ1v) is 6.27. The highest BCUT2D eigenvalue weighted by Gasteiger charge is 2.06. The van der Waals surface area contributed by atoms with Crippen LogP contribution in [0.15, 0.2) is 48.5 Å². The number of hydrogen-bond donors (Lipinski definition) is 1. The van der Waals surface area contributed by atoms with Crippen LogP contribution in [0.5, 0.6) is 5.75 Å². The summed E-state index contributed by atoms with van der Waals surface area (Å²) in [6.45, 7) is 2.48. The van der Waals surface area contributed by atoms with Crippen LogP contribution in [0.4, 0.5) is 5.69 Å². The highest BCUT2D eigenvalue weighted by atomic mass is 16.5. The summed E-state index contributed by atoms with van der Waals surface area (Å²) in [5, 5.41) is 11.5. The average Bonchev–Trinajstić information content (AvgIpc) is 2.48. The number of amides is 1. The zero-order valence-corrected chi connectivity index (χ0v) is 11.1. The molecular formula is C16H14N2O2. The van der Waals surface area contributed by atoms with Gasteiger partial charge in [-0.1, -0.05) is 6.07 Å². The predicted octanol–water partition coefficient (Wildman–Crippen LogP) is 3.21. The van der Waals surface area contributed by atoms with Gasteiger partial charge in [0.25, 0.3) is 5.91 Å². The molecule has 2 aromatic carbocycles. The van der Waals surface area contributed by atoms with Crippen molar-refractivity contribution in [2.24, 2.45) is 0 Å². The summed E-state index contributed by atoms with van der Waals surface area (Å²) < 4.78 is 5.38. The van der Waals surface area contributed by atoms with E-state index in [1.165, 1.54) is 0 Å². The minimum absolute atomic E-state index is 0.219. The molecule has 2 aromatic rings. The van der Waals surface area contributed by atoms with E-state index in [1.807, 2.05) is 25.1 Å². The Morgan fingerprint density at radius 1 is 1.25 bits per heavy atom. The van der Waals surface area contributed by atoms with Crippen LogP contribution in [0.3, 0.4) is 0 Å². The second kappa shape index (κ2) is 6.39. The fourth-order valence-electron chi connectivity index (χ4n) is 1.73. The van der Waals surface area contributed by atoms with Gasteiger partial charge in [-0.3, -0.25) is 4.79 Å². The minimum atomic E-state index is -0.219. The van der Waals surface area contributed by atoms with Gasteiger partial charge in [0.1, 0.15) is 5.75 Å². The molecule has 1 amide bonds. The van der Waals surface area contributed by atoms with Crippen molar-refractivity contribution in [3.63, 3.8) is 0 Å². The van der Waals surface area contributed by atoms with Crippen LogP contribution >= 0.6 is 0 Å². The van der Waals surface area contributed by atoms with Gasteiger partial charge in [-0.2, -0.15) is 5.26 Å². The van der Waals surface area contributed by atoms with Crippen molar-refractivity contribution in [2.45, 2.75) is 6.92 Å². The minimum Gasteiger partial charge on any atom is -0.494 e. The second-order valence-corrected chi connectivity index (χ2v) is 4.10. The maximum atomic E-state index is 12.0. The Balaban J connectivity index is 2.10. The zero-order valence-electron chi connectivity index (χ0n) is 11.1. The number of nitrogens with zero attached hydrogens (tertiary/aromatic N) is 1. The van der Waals surface area contributed by atoms with Gasteiger partial charge in [-0.25, -0.2) is 0 Å². The summed E-state index contributed by atoms with van der Waals surface area (Å²) in [5.74, 6) is 0.494. The van der Waals surface area contributed by atoms with Gasteiger partial charge >= 0.3 is 0 Å². The number of anilines is 1. The van der Waals surface area contributed by atoms with Crippen LogP contribution in [0, 0.1) is 11.3 Å². The molecule has 1 N–H and O–H groups in total. The van der Waals surface area contributed by atoms with Crippen LogP contribution in [0.25, 0.3) is 0 Å². The third-order valence-electron chi connectivity index (χ3n) is 2.68. The number of benzene rings is 2. The second-order valence-electron chi connectivity index (χ2n) is 4.10. The van der Waals surface area contributed by atoms with Gasteiger partial charge < -0.3 is 10.1 Å². The van der Waals surface area contributed by atoms with Crippen LogP contribution in [0.1, 0.15) is 22.8 Å². The Labute approximate surface area is 117 Å². The van der Waals surface area contributed by atoms with Crippen molar-refractivity contribution in [2.75, 3.05) is 11.9 Å². The van der Waals surface area contributed by atoms with Crippen LogP contribution < -0.4 is 10.1 Å². The molecule has 0 heterocycles. The summed E-state index contributed by atoms with van der Waals surface area (Å²) in [4.78, 5) is 12.0. The molecule has 0 aromatic heterocycles. The van der Waals surface area contributed by atoms with Gasteiger partial charge in [-0.15, -0.1) is 0 Å². The first-order chi connectivity index (χ1) is 9.72. The van der Waals surface area contributed by atoms with Gasteiger partial charge in [0, 0.05) is 17.3 Å². The van der Waals surface area contributed by atoms with E-state index in [2.05, 4.69) is 5.32 Å². The summed E-state index contributed by atoms with van der Waals surface area (Å²) >= 11 is 0. The molecule has 0 atom stereocenters. The van der Waals surface area contributed by atoms with Crippen molar-refractivity contribution < 1.29 is 9.53 Å². The smallest absolute Gasteiger partial charge is 0.255 e. The molecule has 0 spiro atoms. The quantitative estimate of drug-likeness (QED) is 0.924. The van der Waals surface area contributed by atoms with Crippen molar-refractivity contribution in [3.05, 3.63) is 59.7 Å². The van der Waals surface area contributed by atoms with Crippen LogP contribution in [-0.4, -0.2) is 12.5 Å². The lowest BCUT2D eigenvalue weighted by molar-refractivity contribution is 0.102. The lowest BCUT2D eigenvalue weighted by Crippen LogP contribution is -2.11. The van der Waals surface area contributed by atoms with E-state index in [9.17, 15) is 4.79 Å². The number of rotatable bonds is 4. The first-order valence-electron chi connectivity index (χ1n) is 6.27. The molecule has 0 aliphatic carbocycles. The lowest BCUT2D eigenvalue weighted by atomic mass is 10.1. The number of carbonyl (C=O) groups is 1. The fraction of sp³-hybridized carbons (Fsp3) is 0.125. The molecule has 2 rings (SSSR count). The number of nitrogens with one attached hydrogen (secondary N) is 1. The van der Waals surface area contributed by atoms with E-state index in [0.717, 1.165) is 0 Å². The van der Waals surface area contributed by atoms with Crippen molar-refractivity contribution in [1.82, 2.24) is 0 Å². The Morgan fingerprint density at radius 3 is 2.65 bits per heavy atom. The Morgan fingerprint density at radius 2 is 2.00 bits per heavy atom. The third-order valence-corrected chi connectivity index (χ3v) is 2.68. The Kier molecular flexibility index (Phi) is 4.35. The molecule has 0 unspecified atom stereocenters. The number of ether oxygens (including phenoxy) is 1. The Bertz CT molecular complexity index is 642. The standard InChI is InChI=1S/C16H14N2O2/c1-2-20-15-5-3-4-14(10-15)18-16(19)13-8-6-12(11-17)7-9-13/h3-10H,2H2,1H3,(H,18,19). The zero-order chi connectivity index (χ0) is 14.4. The number of hydrogen-bond acceptors (Lipinski definition) is 3. The van der Waals surface area contributed by atoms with Crippen molar-refractivity contribution >= 4 is 11.6 Å². The van der Waals surface area contributed by atoms with Crippen LogP contribution in [-0.2, 0) is 0 Å². The maximum Gasteiger partial charge on any atom is 0.255 e. The first kappa shape index (κ1) is 13.6. The van der Waals surface area contributed by atoms with E-state index in [4.69, 9.17) is 10.00 Å². The van der Waals surface area contributed by atoms with Gasteiger partial charge in [0.15, 0.2) is 0 Å². The number of carbonyl (C=O) groups excluding carboxylic acids is 1. The molecule has 0 saturated heterocycles. The molecule has 0 aliphatic rings. The molecule has 100 valence electrons. The SMILES string of the molecule is CCOc1cccc(NC(=O)c2ccc(C#N)cc2)c1. The van der Waals surface area contributed by atoms with E-state index >= 15 is 0 Å². The van der Waals surface area contributed by atoms with Gasteiger partial charge in [0.05, 0.1) is 18.2 Å². The topological polar surface area (TPSA) is 62.1 Å². The molecule has 0 radical (unpaired) electrons. The molecule has 20 heavy (non-hydrogen) atoms. The average molecular weight is 266 g/mol. The summed E-state index contributed by atoms with van der Waals surface area (Å²) in [5.41, 5.74) is 1.70. The van der Waals surface area contributed by atoms with E-state index in [1.54, 1.807) is 36.4 Å². The van der Waals surface area contributed by atoms with Gasteiger partial charge in [-0.05, 0) is 43.3 Å². The molecular weight excluding hydrogens is 252 g/mol. The summed E-state index contributed by atoms with van der Waals surface area (Å²) in [7, 11) is 0. The van der Waals surface area contributed by atoms with Crippen molar-refractivity contribution in [3.8, 4) is 11.8 Å². The van der Waals surface area contributed by atoms with E-state index in [-0.39, 0.29) is 5.91 Å².